The maximum absolute atomic E-state index is 5.59. The summed E-state index contributed by atoms with van der Waals surface area (Å²) in [4.78, 5) is 4.49. The Morgan fingerprint density at radius 3 is 2.89 bits per heavy atom. The monoisotopic (exact) mass is 245 g/mol. The number of hydrazine groups is 1. The summed E-state index contributed by atoms with van der Waals surface area (Å²) in [7, 11) is 1.70. The van der Waals surface area contributed by atoms with Crippen LogP contribution >= 0.6 is 0 Å². The molecule has 0 bridgehead atoms. The predicted molar refractivity (Wildman–Crippen MR) is 73.0 cm³/mol. The number of methoxy groups -OCH3 is 1. The molecule has 2 aromatic rings. The van der Waals surface area contributed by atoms with E-state index in [1.54, 1.807) is 7.11 Å². The summed E-state index contributed by atoms with van der Waals surface area (Å²) < 4.78 is 5.09. The fourth-order valence-corrected chi connectivity index (χ4v) is 2.04. The van der Waals surface area contributed by atoms with E-state index in [9.17, 15) is 0 Å². The number of hydrogen-bond acceptors (Lipinski definition) is 4. The van der Waals surface area contributed by atoms with Gasteiger partial charge in [0.2, 0.25) is 0 Å². The average molecular weight is 245 g/mol. The topological polar surface area (TPSA) is 60.2 Å². The Labute approximate surface area is 107 Å². The third-order valence-corrected chi connectivity index (χ3v) is 3.07. The first-order valence-electron chi connectivity index (χ1n) is 6.07. The lowest BCUT2D eigenvalue weighted by Gasteiger charge is -2.16. The van der Waals surface area contributed by atoms with Crippen molar-refractivity contribution in [2.75, 3.05) is 13.7 Å². The molecule has 0 radical (unpaired) electrons. The number of ether oxygens (including phenoxy) is 1. The van der Waals surface area contributed by atoms with Gasteiger partial charge in [0, 0.05) is 30.8 Å². The molecule has 1 aromatic heterocycles. The molecule has 2 rings (SSSR count). The summed E-state index contributed by atoms with van der Waals surface area (Å²) in [6, 6.07) is 10.4. The van der Waals surface area contributed by atoms with Crippen LogP contribution in [-0.2, 0) is 4.74 Å². The van der Waals surface area contributed by atoms with Gasteiger partial charge in [-0.25, -0.2) is 0 Å². The third kappa shape index (κ3) is 2.85. The van der Waals surface area contributed by atoms with E-state index < -0.39 is 0 Å². The lowest BCUT2D eigenvalue weighted by Crippen LogP contribution is -2.28. The average Bonchev–Trinajstić information content (AvgIpc) is 2.39. The fraction of sp³-hybridized carbons (Fsp3) is 0.357. The number of fused-ring (bicyclic) bond motifs is 1. The lowest BCUT2D eigenvalue weighted by molar-refractivity contribution is 0.183. The van der Waals surface area contributed by atoms with Crippen molar-refractivity contribution >= 4 is 10.9 Å². The van der Waals surface area contributed by atoms with E-state index >= 15 is 0 Å². The second kappa shape index (κ2) is 5.91. The normalized spacial score (nSPS) is 12.8. The fourth-order valence-electron chi connectivity index (χ4n) is 2.04. The number of rotatable bonds is 5. The van der Waals surface area contributed by atoms with Gasteiger partial charge in [-0.15, -0.1) is 0 Å². The lowest BCUT2D eigenvalue weighted by atomic mass is 10.0. The van der Waals surface area contributed by atoms with Crippen molar-refractivity contribution < 1.29 is 4.74 Å². The number of aromatic nitrogens is 1. The molecule has 4 nitrogen and oxygen atoms in total. The van der Waals surface area contributed by atoms with E-state index in [0.717, 1.165) is 28.6 Å². The van der Waals surface area contributed by atoms with Crippen LogP contribution in [0.15, 0.2) is 30.3 Å². The van der Waals surface area contributed by atoms with Gasteiger partial charge in [-0.3, -0.25) is 16.3 Å². The quantitative estimate of drug-likeness (QED) is 0.625. The minimum absolute atomic E-state index is 0.107. The molecule has 0 saturated carbocycles. The number of hydrogen-bond donors (Lipinski definition) is 2. The molecule has 0 aliphatic rings. The smallest absolute Gasteiger partial charge is 0.0705 e. The summed E-state index contributed by atoms with van der Waals surface area (Å²) in [5.41, 5.74) is 6.03. The van der Waals surface area contributed by atoms with Crippen molar-refractivity contribution in [1.82, 2.24) is 10.4 Å². The second-order valence-corrected chi connectivity index (χ2v) is 4.41. The highest BCUT2D eigenvalue weighted by molar-refractivity contribution is 5.79. The molecule has 1 aromatic carbocycles. The summed E-state index contributed by atoms with van der Waals surface area (Å²) >= 11 is 0. The standard InChI is InChI=1S/C14H19N3O/c1-10-3-4-11-9-12(5-6-13(11)16-10)14(17-15)7-8-18-2/h3-6,9,14,17H,7-8,15H2,1-2H3. The first-order valence-corrected chi connectivity index (χ1v) is 6.07. The van der Waals surface area contributed by atoms with Crippen molar-refractivity contribution in [3.8, 4) is 0 Å². The van der Waals surface area contributed by atoms with Gasteiger partial charge < -0.3 is 4.74 Å². The van der Waals surface area contributed by atoms with Crippen molar-refractivity contribution in [3.05, 3.63) is 41.6 Å². The molecule has 4 heteroatoms. The van der Waals surface area contributed by atoms with E-state index in [1.165, 1.54) is 0 Å². The van der Waals surface area contributed by atoms with Gasteiger partial charge >= 0.3 is 0 Å². The van der Waals surface area contributed by atoms with Crippen LogP contribution in [0.5, 0.6) is 0 Å². The molecule has 18 heavy (non-hydrogen) atoms. The van der Waals surface area contributed by atoms with Crippen LogP contribution < -0.4 is 11.3 Å². The zero-order valence-electron chi connectivity index (χ0n) is 10.8. The molecule has 0 aliphatic heterocycles. The minimum Gasteiger partial charge on any atom is -0.385 e. The Kier molecular flexibility index (Phi) is 4.25. The number of aryl methyl sites for hydroxylation is 1. The van der Waals surface area contributed by atoms with Crippen LogP contribution in [-0.4, -0.2) is 18.7 Å². The van der Waals surface area contributed by atoms with Crippen LogP contribution in [0, 0.1) is 6.92 Å². The van der Waals surface area contributed by atoms with Crippen LogP contribution in [0.2, 0.25) is 0 Å². The van der Waals surface area contributed by atoms with E-state index in [0.29, 0.717) is 6.61 Å². The Balaban J connectivity index is 2.30. The molecule has 0 spiro atoms. The van der Waals surface area contributed by atoms with Crippen molar-refractivity contribution in [1.29, 1.82) is 0 Å². The van der Waals surface area contributed by atoms with Gasteiger partial charge in [0.05, 0.1) is 5.52 Å². The summed E-state index contributed by atoms with van der Waals surface area (Å²) in [5.74, 6) is 5.59. The predicted octanol–water partition coefficient (Wildman–Crippen LogP) is 2.08. The molecule has 1 atom stereocenters. The van der Waals surface area contributed by atoms with Gasteiger partial charge in [0.1, 0.15) is 0 Å². The summed E-state index contributed by atoms with van der Waals surface area (Å²) in [5, 5.41) is 1.13. The number of pyridine rings is 1. The number of benzene rings is 1. The second-order valence-electron chi connectivity index (χ2n) is 4.41. The van der Waals surface area contributed by atoms with Gasteiger partial charge in [-0.2, -0.15) is 0 Å². The van der Waals surface area contributed by atoms with Crippen molar-refractivity contribution in [2.24, 2.45) is 5.84 Å². The molecule has 96 valence electrons. The zero-order chi connectivity index (χ0) is 13.0. The maximum atomic E-state index is 5.59. The molecule has 1 unspecified atom stereocenters. The highest BCUT2D eigenvalue weighted by Gasteiger charge is 2.10. The highest BCUT2D eigenvalue weighted by atomic mass is 16.5. The minimum atomic E-state index is 0.107. The largest absolute Gasteiger partial charge is 0.385 e. The third-order valence-electron chi connectivity index (χ3n) is 3.07. The van der Waals surface area contributed by atoms with E-state index in [-0.39, 0.29) is 6.04 Å². The Bertz CT molecular complexity index is 527. The first kappa shape index (κ1) is 13.0. The van der Waals surface area contributed by atoms with Crippen LogP contribution in [0.3, 0.4) is 0 Å². The van der Waals surface area contributed by atoms with Crippen LogP contribution in [0.25, 0.3) is 10.9 Å². The molecule has 3 N–H and O–H groups in total. The molecule has 1 heterocycles. The van der Waals surface area contributed by atoms with E-state index in [1.807, 2.05) is 19.1 Å². The summed E-state index contributed by atoms with van der Waals surface area (Å²) in [6.45, 7) is 2.68. The first-order chi connectivity index (χ1) is 8.74. The van der Waals surface area contributed by atoms with Crippen LogP contribution in [0.4, 0.5) is 0 Å². The molecular weight excluding hydrogens is 226 g/mol. The van der Waals surface area contributed by atoms with Gasteiger partial charge in [0.25, 0.3) is 0 Å². The Hall–Kier alpha value is -1.49. The highest BCUT2D eigenvalue weighted by Crippen LogP contribution is 2.21. The number of nitrogens with two attached hydrogens (primary N) is 1. The number of nitrogens with one attached hydrogen (secondary N) is 1. The summed E-state index contributed by atoms with van der Waals surface area (Å²) in [6.07, 6.45) is 0.845. The van der Waals surface area contributed by atoms with Gasteiger partial charge in [0.15, 0.2) is 0 Å². The van der Waals surface area contributed by atoms with Gasteiger partial charge in [-0.05, 0) is 37.1 Å². The van der Waals surface area contributed by atoms with Gasteiger partial charge in [-0.1, -0.05) is 12.1 Å². The Morgan fingerprint density at radius 1 is 1.33 bits per heavy atom. The maximum Gasteiger partial charge on any atom is 0.0705 e. The number of nitrogens with zero attached hydrogens (tertiary/aromatic N) is 1. The molecular formula is C14H19N3O. The molecule has 0 saturated heterocycles. The van der Waals surface area contributed by atoms with Crippen LogP contribution in [0.1, 0.15) is 23.7 Å². The van der Waals surface area contributed by atoms with Crippen molar-refractivity contribution in [2.45, 2.75) is 19.4 Å². The molecule has 0 fully saturated rings. The van der Waals surface area contributed by atoms with Crippen molar-refractivity contribution in [3.63, 3.8) is 0 Å². The molecule has 0 aliphatic carbocycles. The van der Waals surface area contributed by atoms with E-state index in [4.69, 9.17) is 10.6 Å². The van der Waals surface area contributed by atoms with E-state index in [2.05, 4.69) is 28.6 Å². The SMILES string of the molecule is COCCC(NN)c1ccc2nc(C)ccc2c1. The molecule has 0 amide bonds. The Morgan fingerprint density at radius 2 is 2.17 bits per heavy atom. The zero-order valence-corrected chi connectivity index (χ0v) is 10.8.